The highest BCUT2D eigenvalue weighted by Gasteiger charge is 2.32. The Labute approximate surface area is 124 Å². The fourth-order valence-electron chi connectivity index (χ4n) is 4.03. The molecular weight excluding hydrogens is 240 g/mol. The molecular formula is C20H28. The first-order valence-electron chi connectivity index (χ1n) is 8.68. The van der Waals surface area contributed by atoms with Gasteiger partial charge in [-0.2, -0.15) is 0 Å². The van der Waals surface area contributed by atoms with Crippen LogP contribution in [0.4, 0.5) is 0 Å². The summed E-state index contributed by atoms with van der Waals surface area (Å²) in [5.74, 6) is 0.684. The van der Waals surface area contributed by atoms with E-state index in [1.807, 2.05) is 0 Å². The maximum absolute atomic E-state index is 2.57. The van der Waals surface area contributed by atoms with Gasteiger partial charge in [0.2, 0.25) is 0 Å². The van der Waals surface area contributed by atoms with E-state index in [1.54, 1.807) is 22.3 Å². The average Bonchev–Trinajstić information content (AvgIpc) is 3.18. The second-order valence-electron chi connectivity index (χ2n) is 6.56. The molecule has 0 aromatic heterocycles. The van der Waals surface area contributed by atoms with Gasteiger partial charge in [-0.15, -0.1) is 0 Å². The van der Waals surface area contributed by atoms with Crippen molar-refractivity contribution < 1.29 is 0 Å². The number of unbranched alkanes of at least 4 members (excludes halogenated alkanes) is 5. The highest BCUT2D eigenvalue weighted by molar-refractivity contribution is 5.54. The molecule has 1 unspecified atom stereocenters. The van der Waals surface area contributed by atoms with Crippen molar-refractivity contribution in [3.63, 3.8) is 0 Å². The average molecular weight is 268 g/mol. The summed E-state index contributed by atoms with van der Waals surface area (Å²) in [6.07, 6.45) is 23.1. The molecule has 3 rings (SSSR count). The molecule has 108 valence electrons. The van der Waals surface area contributed by atoms with Crippen LogP contribution in [0.5, 0.6) is 0 Å². The minimum Gasteiger partial charge on any atom is -0.0804 e. The number of rotatable bonds is 8. The van der Waals surface area contributed by atoms with Crippen molar-refractivity contribution in [1.29, 1.82) is 0 Å². The van der Waals surface area contributed by atoms with Crippen LogP contribution in [0.2, 0.25) is 0 Å². The summed E-state index contributed by atoms with van der Waals surface area (Å²) in [5, 5.41) is 0. The van der Waals surface area contributed by atoms with Crippen LogP contribution in [0.3, 0.4) is 0 Å². The maximum Gasteiger partial charge on any atom is 0.0205 e. The second kappa shape index (κ2) is 6.61. The molecule has 0 fully saturated rings. The molecule has 0 aliphatic heterocycles. The molecule has 1 atom stereocenters. The molecule has 20 heavy (non-hydrogen) atoms. The third-order valence-corrected chi connectivity index (χ3v) is 5.16. The molecule has 0 saturated carbocycles. The van der Waals surface area contributed by atoms with Crippen LogP contribution in [-0.4, -0.2) is 0 Å². The molecule has 0 aromatic rings. The van der Waals surface area contributed by atoms with E-state index >= 15 is 0 Å². The van der Waals surface area contributed by atoms with Crippen molar-refractivity contribution in [3.8, 4) is 0 Å². The Hall–Kier alpha value is -1.04. The van der Waals surface area contributed by atoms with E-state index in [-0.39, 0.29) is 0 Å². The SMILES string of the molecule is CCCCCCCCC1=C2CCC1=CC2C1=CC=CC1. The topological polar surface area (TPSA) is 0 Å². The van der Waals surface area contributed by atoms with Crippen molar-refractivity contribution in [2.24, 2.45) is 5.92 Å². The van der Waals surface area contributed by atoms with Gasteiger partial charge in [0.15, 0.2) is 0 Å². The minimum atomic E-state index is 0.684. The van der Waals surface area contributed by atoms with Crippen molar-refractivity contribution in [2.75, 3.05) is 0 Å². The Balaban J connectivity index is 1.51. The van der Waals surface area contributed by atoms with Crippen LogP contribution >= 0.6 is 0 Å². The molecule has 0 N–H and O–H groups in total. The van der Waals surface area contributed by atoms with E-state index < -0.39 is 0 Å². The smallest absolute Gasteiger partial charge is 0.0205 e. The number of hydrogen-bond acceptors (Lipinski definition) is 0. The van der Waals surface area contributed by atoms with Crippen molar-refractivity contribution >= 4 is 0 Å². The molecule has 0 heterocycles. The summed E-state index contributed by atoms with van der Waals surface area (Å²) in [4.78, 5) is 0. The highest BCUT2D eigenvalue weighted by atomic mass is 14.4. The highest BCUT2D eigenvalue weighted by Crippen LogP contribution is 2.49. The van der Waals surface area contributed by atoms with Gasteiger partial charge in [-0.05, 0) is 43.3 Å². The Morgan fingerprint density at radius 2 is 1.90 bits per heavy atom. The lowest BCUT2D eigenvalue weighted by molar-refractivity contribution is 0.607. The molecule has 0 saturated heterocycles. The second-order valence-corrected chi connectivity index (χ2v) is 6.56. The molecule has 0 nitrogen and oxygen atoms in total. The van der Waals surface area contributed by atoms with E-state index in [2.05, 4.69) is 31.2 Å². The van der Waals surface area contributed by atoms with Crippen LogP contribution < -0.4 is 0 Å². The van der Waals surface area contributed by atoms with E-state index in [0.29, 0.717) is 5.92 Å². The molecule has 3 aliphatic carbocycles. The van der Waals surface area contributed by atoms with Crippen molar-refractivity contribution in [3.05, 3.63) is 46.6 Å². The first-order chi connectivity index (χ1) is 9.90. The van der Waals surface area contributed by atoms with E-state index in [9.17, 15) is 0 Å². The zero-order valence-electron chi connectivity index (χ0n) is 13.0. The van der Waals surface area contributed by atoms with Crippen LogP contribution in [0.1, 0.15) is 71.1 Å². The van der Waals surface area contributed by atoms with Crippen LogP contribution in [0.25, 0.3) is 0 Å². The quantitative estimate of drug-likeness (QED) is 0.455. The number of hydrogen-bond donors (Lipinski definition) is 0. The molecule has 0 spiro atoms. The summed E-state index contributed by atoms with van der Waals surface area (Å²) in [6, 6.07) is 0. The van der Waals surface area contributed by atoms with E-state index in [1.165, 1.54) is 64.2 Å². The lowest BCUT2D eigenvalue weighted by Crippen LogP contribution is -2.03. The number of fused-ring (bicyclic) bond motifs is 1. The minimum absolute atomic E-state index is 0.684. The van der Waals surface area contributed by atoms with Crippen LogP contribution in [0, 0.1) is 5.92 Å². The molecule has 3 aliphatic rings. The van der Waals surface area contributed by atoms with Gasteiger partial charge in [0, 0.05) is 5.92 Å². The fraction of sp³-hybridized carbons (Fsp3) is 0.600. The summed E-state index contributed by atoms with van der Waals surface area (Å²) in [5.41, 5.74) is 6.88. The lowest BCUT2D eigenvalue weighted by Gasteiger charge is -2.16. The van der Waals surface area contributed by atoms with Gasteiger partial charge in [0.1, 0.15) is 0 Å². The zero-order valence-corrected chi connectivity index (χ0v) is 13.0. The van der Waals surface area contributed by atoms with Gasteiger partial charge < -0.3 is 0 Å². The lowest BCUT2D eigenvalue weighted by atomic mass is 9.88. The molecule has 0 aromatic carbocycles. The standard InChI is InChI=1S/C20H28/c1-2-3-4-5-6-7-12-18-17-13-14-19(18)20(15-17)16-10-8-9-11-16/h8-10,15,20H,2-7,11-14H2,1H3. The fourth-order valence-corrected chi connectivity index (χ4v) is 4.03. The molecule has 0 amide bonds. The first kappa shape index (κ1) is 13.9. The van der Waals surface area contributed by atoms with Crippen molar-refractivity contribution in [1.82, 2.24) is 0 Å². The summed E-state index contributed by atoms with van der Waals surface area (Å²) in [7, 11) is 0. The summed E-state index contributed by atoms with van der Waals surface area (Å²) >= 11 is 0. The largest absolute Gasteiger partial charge is 0.0804 e. The van der Waals surface area contributed by atoms with Crippen LogP contribution in [0.15, 0.2) is 46.6 Å². The summed E-state index contributed by atoms with van der Waals surface area (Å²) in [6.45, 7) is 2.29. The zero-order chi connectivity index (χ0) is 13.8. The third kappa shape index (κ3) is 2.85. The first-order valence-corrected chi connectivity index (χ1v) is 8.68. The number of allylic oxidation sites excluding steroid dienone is 8. The van der Waals surface area contributed by atoms with Gasteiger partial charge >= 0.3 is 0 Å². The Morgan fingerprint density at radius 3 is 2.70 bits per heavy atom. The van der Waals surface area contributed by atoms with E-state index in [0.717, 1.165) is 0 Å². The Morgan fingerprint density at radius 1 is 1.05 bits per heavy atom. The van der Waals surface area contributed by atoms with E-state index in [4.69, 9.17) is 0 Å². The van der Waals surface area contributed by atoms with Gasteiger partial charge in [-0.1, -0.05) is 74.5 Å². The Bertz CT molecular complexity index is 470. The molecule has 0 radical (unpaired) electrons. The van der Waals surface area contributed by atoms with Gasteiger partial charge in [0.05, 0.1) is 0 Å². The normalized spacial score (nSPS) is 23.8. The van der Waals surface area contributed by atoms with Gasteiger partial charge in [-0.3, -0.25) is 0 Å². The van der Waals surface area contributed by atoms with Crippen molar-refractivity contribution in [2.45, 2.75) is 71.1 Å². The maximum atomic E-state index is 2.57. The van der Waals surface area contributed by atoms with Crippen LogP contribution in [-0.2, 0) is 0 Å². The van der Waals surface area contributed by atoms with Gasteiger partial charge in [0.25, 0.3) is 0 Å². The van der Waals surface area contributed by atoms with Gasteiger partial charge in [-0.25, -0.2) is 0 Å². The monoisotopic (exact) mass is 268 g/mol. The Kier molecular flexibility index (Phi) is 4.60. The summed E-state index contributed by atoms with van der Waals surface area (Å²) < 4.78 is 0. The predicted octanol–water partition coefficient (Wildman–Crippen LogP) is 6.27. The predicted molar refractivity (Wildman–Crippen MR) is 87.7 cm³/mol. The molecule has 0 heteroatoms. The third-order valence-electron chi connectivity index (χ3n) is 5.16. The molecule has 2 bridgehead atoms.